The molecule has 1 atom stereocenters. The second kappa shape index (κ2) is 8.71. The van der Waals surface area contributed by atoms with Crippen LogP contribution in [0.4, 0.5) is 0 Å². The van der Waals surface area contributed by atoms with E-state index in [0.717, 1.165) is 37.2 Å². The van der Waals surface area contributed by atoms with Gasteiger partial charge in [-0.1, -0.05) is 26.0 Å². The monoisotopic (exact) mass is 332 g/mol. The molecule has 1 aliphatic rings. The van der Waals surface area contributed by atoms with Crippen LogP contribution in [-0.2, 0) is 16.0 Å². The number of likely N-dealkylation sites (tertiary alicyclic amines) is 1. The fourth-order valence-corrected chi connectivity index (χ4v) is 3.02. The molecule has 1 saturated heterocycles. The maximum Gasteiger partial charge on any atom is 0.245 e. The zero-order chi connectivity index (χ0) is 17.5. The summed E-state index contributed by atoms with van der Waals surface area (Å²) in [6.45, 7) is 5.75. The minimum atomic E-state index is -0.422. The van der Waals surface area contributed by atoms with Gasteiger partial charge in [-0.15, -0.1) is 0 Å². The van der Waals surface area contributed by atoms with Crippen LogP contribution >= 0.6 is 0 Å². The van der Waals surface area contributed by atoms with E-state index in [1.807, 2.05) is 29.2 Å². The number of amides is 2. The molecule has 0 aliphatic carbocycles. The van der Waals surface area contributed by atoms with Crippen molar-refractivity contribution in [3.8, 4) is 5.75 Å². The molecule has 1 aromatic carbocycles. The number of hydrogen-bond donors (Lipinski definition) is 1. The first-order valence-electron chi connectivity index (χ1n) is 8.70. The summed E-state index contributed by atoms with van der Waals surface area (Å²) in [6.07, 6.45) is 3.05. The first-order valence-corrected chi connectivity index (χ1v) is 8.70. The second-order valence-electron chi connectivity index (χ2n) is 6.81. The molecule has 132 valence electrons. The van der Waals surface area contributed by atoms with Crippen molar-refractivity contribution in [2.45, 2.75) is 45.6 Å². The number of benzene rings is 1. The van der Waals surface area contributed by atoms with Gasteiger partial charge in [0.05, 0.1) is 13.5 Å². The van der Waals surface area contributed by atoms with Gasteiger partial charge in [0.25, 0.3) is 0 Å². The molecule has 1 fully saturated rings. The molecule has 0 radical (unpaired) electrons. The van der Waals surface area contributed by atoms with Crippen molar-refractivity contribution >= 4 is 11.8 Å². The van der Waals surface area contributed by atoms with E-state index in [0.29, 0.717) is 12.3 Å². The van der Waals surface area contributed by atoms with Crippen LogP contribution in [-0.4, -0.2) is 43.0 Å². The van der Waals surface area contributed by atoms with Crippen LogP contribution in [0.3, 0.4) is 0 Å². The lowest BCUT2D eigenvalue weighted by molar-refractivity contribution is -0.135. The molecule has 5 heteroatoms. The Bertz CT molecular complexity index is 548. The van der Waals surface area contributed by atoms with Gasteiger partial charge in [0, 0.05) is 13.1 Å². The molecule has 0 bridgehead atoms. The van der Waals surface area contributed by atoms with Gasteiger partial charge < -0.3 is 15.0 Å². The summed E-state index contributed by atoms with van der Waals surface area (Å²) in [6, 6.07) is 7.00. The van der Waals surface area contributed by atoms with Gasteiger partial charge in [-0.2, -0.15) is 0 Å². The third kappa shape index (κ3) is 5.25. The van der Waals surface area contributed by atoms with E-state index in [1.165, 1.54) is 0 Å². The van der Waals surface area contributed by atoms with Crippen molar-refractivity contribution in [1.29, 1.82) is 0 Å². The summed E-state index contributed by atoms with van der Waals surface area (Å²) in [5.41, 5.74) is 0.908. The molecule has 0 unspecified atom stereocenters. The van der Waals surface area contributed by atoms with Crippen LogP contribution in [0.2, 0.25) is 0 Å². The van der Waals surface area contributed by atoms with Crippen molar-refractivity contribution in [2.75, 3.05) is 20.2 Å². The van der Waals surface area contributed by atoms with E-state index in [2.05, 4.69) is 19.2 Å². The topological polar surface area (TPSA) is 58.6 Å². The zero-order valence-electron chi connectivity index (χ0n) is 14.9. The van der Waals surface area contributed by atoms with Crippen LogP contribution in [0.25, 0.3) is 0 Å². The Morgan fingerprint density at radius 3 is 2.33 bits per heavy atom. The summed E-state index contributed by atoms with van der Waals surface area (Å²) >= 11 is 0. The number of hydrogen-bond acceptors (Lipinski definition) is 3. The van der Waals surface area contributed by atoms with Crippen molar-refractivity contribution in [3.05, 3.63) is 29.8 Å². The van der Waals surface area contributed by atoms with E-state index in [1.54, 1.807) is 7.11 Å². The zero-order valence-corrected chi connectivity index (χ0v) is 14.9. The molecule has 2 amide bonds. The van der Waals surface area contributed by atoms with E-state index in [9.17, 15) is 9.59 Å². The molecule has 1 N–H and O–H groups in total. The van der Waals surface area contributed by atoms with Gasteiger partial charge in [0.15, 0.2) is 0 Å². The lowest BCUT2D eigenvalue weighted by Gasteiger charge is -2.25. The van der Waals surface area contributed by atoms with Gasteiger partial charge in [-0.3, -0.25) is 9.59 Å². The van der Waals surface area contributed by atoms with Crippen molar-refractivity contribution in [1.82, 2.24) is 10.2 Å². The van der Waals surface area contributed by atoms with Crippen molar-refractivity contribution in [3.63, 3.8) is 0 Å². The predicted octanol–water partition coefficient (Wildman–Crippen LogP) is 2.39. The highest BCUT2D eigenvalue weighted by atomic mass is 16.5. The first kappa shape index (κ1) is 18.3. The molecule has 0 aromatic heterocycles. The number of carbonyl (C=O) groups is 2. The van der Waals surface area contributed by atoms with Crippen LogP contribution < -0.4 is 10.1 Å². The van der Waals surface area contributed by atoms with Gasteiger partial charge in [0.2, 0.25) is 11.8 Å². The maximum absolute atomic E-state index is 12.6. The molecular weight excluding hydrogens is 304 g/mol. The Morgan fingerprint density at radius 1 is 1.17 bits per heavy atom. The lowest BCUT2D eigenvalue weighted by atomic mass is 10.0. The van der Waals surface area contributed by atoms with Gasteiger partial charge in [-0.25, -0.2) is 0 Å². The molecule has 1 aromatic rings. The van der Waals surface area contributed by atoms with Crippen LogP contribution in [0.5, 0.6) is 5.75 Å². The Kier molecular flexibility index (Phi) is 6.64. The Labute approximate surface area is 144 Å². The van der Waals surface area contributed by atoms with E-state index < -0.39 is 6.04 Å². The number of carbonyl (C=O) groups excluding carboxylic acids is 2. The maximum atomic E-state index is 12.6. The molecule has 2 rings (SSSR count). The third-order valence-electron chi connectivity index (χ3n) is 4.28. The average molecular weight is 332 g/mol. The highest BCUT2D eigenvalue weighted by Crippen LogP contribution is 2.15. The fraction of sp³-hybridized carbons (Fsp3) is 0.579. The number of ether oxygens (including phenoxy) is 1. The molecule has 1 aliphatic heterocycles. The Hall–Kier alpha value is -2.04. The first-order chi connectivity index (χ1) is 11.5. The summed E-state index contributed by atoms with van der Waals surface area (Å²) in [7, 11) is 1.61. The SMILES string of the molecule is COc1ccc(CC(=O)N[C@H](CC(C)C)C(=O)N2CCCC2)cc1. The lowest BCUT2D eigenvalue weighted by Crippen LogP contribution is -2.48. The molecule has 0 spiro atoms. The van der Waals surface area contributed by atoms with E-state index >= 15 is 0 Å². The summed E-state index contributed by atoms with van der Waals surface area (Å²) in [5.74, 6) is 1.06. The largest absolute Gasteiger partial charge is 0.497 e. The normalized spacial score (nSPS) is 15.4. The average Bonchev–Trinajstić information content (AvgIpc) is 3.08. The van der Waals surface area contributed by atoms with E-state index in [-0.39, 0.29) is 18.2 Å². The summed E-state index contributed by atoms with van der Waals surface area (Å²) in [4.78, 5) is 26.9. The van der Waals surface area contributed by atoms with Gasteiger partial charge in [-0.05, 0) is 42.9 Å². The molecular formula is C19H28N2O3. The highest BCUT2D eigenvalue weighted by molar-refractivity contribution is 5.88. The fourth-order valence-electron chi connectivity index (χ4n) is 3.02. The standard InChI is InChI=1S/C19H28N2O3/c1-14(2)12-17(19(23)21-10-4-5-11-21)20-18(22)13-15-6-8-16(24-3)9-7-15/h6-9,14,17H,4-5,10-13H2,1-3H3,(H,20,22)/t17-/m1/s1. The van der Waals surface area contributed by atoms with Crippen LogP contribution in [0, 0.1) is 5.92 Å². The van der Waals surface area contributed by atoms with Gasteiger partial charge >= 0.3 is 0 Å². The predicted molar refractivity (Wildman–Crippen MR) is 93.9 cm³/mol. The molecule has 5 nitrogen and oxygen atoms in total. The highest BCUT2D eigenvalue weighted by Gasteiger charge is 2.28. The van der Waals surface area contributed by atoms with E-state index in [4.69, 9.17) is 4.74 Å². The number of nitrogens with one attached hydrogen (secondary N) is 1. The van der Waals surface area contributed by atoms with Gasteiger partial charge in [0.1, 0.15) is 11.8 Å². The second-order valence-corrected chi connectivity index (χ2v) is 6.81. The minimum Gasteiger partial charge on any atom is -0.497 e. The Morgan fingerprint density at radius 2 is 1.79 bits per heavy atom. The summed E-state index contributed by atoms with van der Waals surface area (Å²) in [5, 5.41) is 2.94. The Balaban J connectivity index is 1.96. The number of nitrogens with zero attached hydrogens (tertiary/aromatic N) is 1. The number of rotatable bonds is 7. The smallest absolute Gasteiger partial charge is 0.245 e. The minimum absolute atomic E-state index is 0.0595. The van der Waals surface area contributed by atoms with Crippen molar-refractivity contribution in [2.24, 2.45) is 5.92 Å². The summed E-state index contributed by atoms with van der Waals surface area (Å²) < 4.78 is 5.12. The third-order valence-corrected chi connectivity index (χ3v) is 4.28. The molecule has 1 heterocycles. The van der Waals surface area contributed by atoms with Crippen LogP contribution in [0.15, 0.2) is 24.3 Å². The number of methoxy groups -OCH3 is 1. The molecule has 24 heavy (non-hydrogen) atoms. The molecule has 0 saturated carbocycles. The van der Waals surface area contributed by atoms with Crippen molar-refractivity contribution < 1.29 is 14.3 Å². The quantitative estimate of drug-likeness (QED) is 0.834. The van der Waals surface area contributed by atoms with Crippen LogP contribution in [0.1, 0.15) is 38.7 Å².